The normalized spacial score (nSPS) is 12.5. The number of aliphatic hydroxyl groups excluding tert-OH is 1. The van der Waals surface area contributed by atoms with E-state index in [0.717, 1.165) is 18.2 Å². The summed E-state index contributed by atoms with van der Waals surface area (Å²) in [6.07, 6.45) is -2.66. The zero-order valence-electron chi connectivity index (χ0n) is 6.44. The third kappa shape index (κ3) is 1.94. The van der Waals surface area contributed by atoms with Crippen LogP contribution in [-0.2, 0) is 0 Å². The van der Waals surface area contributed by atoms with E-state index in [-0.39, 0.29) is 11.3 Å². The third-order valence-corrected chi connectivity index (χ3v) is 1.46. The summed E-state index contributed by atoms with van der Waals surface area (Å²) >= 11 is 0. The molecule has 13 heavy (non-hydrogen) atoms. The van der Waals surface area contributed by atoms with Crippen molar-refractivity contribution < 1.29 is 24.5 Å². The molecule has 1 rings (SSSR count). The molecule has 4 nitrogen and oxygen atoms in total. The molecule has 70 valence electrons. The van der Waals surface area contributed by atoms with Crippen LogP contribution in [0.15, 0.2) is 18.2 Å². The molecule has 1 atom stereocenters. The van der Waals surface area contributed by atoms with Crippen molar-refractivity contribution in [3.63, 3.8) is 0 Å². The van der Waals surface area contributed by atoms with Gasteiger partial charge in [-0.3, -0.25) is 4.79 Å². The number of Topliss-reactive ketones (excluding diaryl/α,β-unsaturated/α-hetero) is 1. The molecule has 0 radical (unpaired) electrons. The minimum atomic E-state index is -2.66. The van der Waals surface area contributed by atoms with E-state index >= 15 is 0 Å². The number of phenolic OH excluding ortho intramolecular Hbond substituents is 2. The smallest absolute Gasteiger partial charge is 0.260 e. The number of aromatic hydroxyl groups is 2. The number of phenols is 2. The molecule has 1 aromatic rings. The largest absolute Gasteiger partial charge is 0.508 e. The van der Waals surface area contributed by atoms with Gasteiger partial charge in [0.1, 0.15) is 11.5 Å². The lowest BCUT2D eigenvalue weighted by atomic mass is 10.1. The van der Waals surface area contributed by atoms with Crippen molar-refractivity contribution in [2.45, 2.75) is 6.36 Å². The maximum atomic E-state index is 12.1. The molecule has 0 heterocycles. The first-order valence-electron chi connectivity index (χ1n) is 3.40. The number of ketones is 1. The molecule has 1 aromatic carbocycles. The number of alkyl halides is 1. The zero-order chi connectivity index (χ0) is 10.0. The van der Waals surface area contributed by atoms with E-state index in [1.807, 2.05) is 0 Å². The first-order valence-corrected chi connectivity index (χ1v) is 3.40. The number of aliphatic hydroxyl groups is 1. The SMILES string of the molecule is O=C(c1ccc(O)cc1O)C(O)F. The molecule has 3 N–H and O–H groups in total. The molecule has 0 aliphatic rings. The van der Waals surface area contributed by atoms with Crippen molar-refractivity contribution >= 4 is 5.78 Å². The van der Waals surface area contributed by atoms with E-state index in [4.69, 9.17) is 15.3 Å². The highest BCUT2D eigenvalue weighted by atomic mass is 19.1. The molecule has 0 aliphatic carbocycles. The summed E-state index contributed by atoms with van der Waals surface area (Å²) < 4.78 is 12.1. The second kappa shape index (κ2) is 3.40. The number of hydrogen-bond acceptors (Lipinski definition) is 4. The number of hydrogen-bond donors (Lipinski definition) is 3. The molecule has 0 saturated carbocycles. The van der Waals surface area contributed by atoms with E-state index in [1.54, 1.807) is 0 Å². The van der Waals surface area contributed by atoms with Gasteiger partial charge in [0.2, 0.25) is 5.78 Å². The molecule has 0 amide bonds. The topological polar surface area (TPSA) is 77.8 Å². The van der Waals surface area contributed by atoms with Gasteiger partial charge in [-0.15, -0.1) is 0 Å². The van der Waals surface area contributed by atoms with Gasteiger partial charge in [-0.25, -0.2) is 4.39 Å². The first kappa shape index (κ1) is 9.47. The first-order chi connectivity index (χ1) is 6.02. The number of benzene rings is 1. The van der Waals surface area contributed by atoms with Gasteiger partial charge in [0, 0.05) is 6.07 Å². The summed E-state index contributed by atoms with van der Waals surface area (Å²) in [6.45, 7) is 0. The van der Waals surface area contributed by atoms with Gasteiger partial charge in [-0.1, -0.05) is 0 Å². The number of carbonyl (C=O) groups is 1. The summed E-state index contributed by atoms with van der Waals surface area (Å²) in [5.41, 5.74) is -0.368. The second-order valence-corrected chi connectivity index (χ2v) is 2.40. The van der Waals surface area contributed by atoms with Crippen LogP contribution in [0.25, 0.3) is 0 Å². The predicted octanol–water partition coefficient (Wildman–Crippen LogP) is 0.568. The number of halogens is 1. The lowest BCUT2D eigenvalue weighted by Crippen LogP contribution is -2.14. The van der Waals surface area contributed by atoms with Crippen LogP contribution in [0.5, 0.6) is 11.5 Å². The molecule has 0 bridgehead atoms. The Labute approximate surface area is 72.9 Å². The van der Waals surface area contributed by atoms with Crippen LogP contribution in [0.1, 0.15) is 10.4 Å². The summed E-state index contributed by atoms with van der Waals surface area (Å²) in [6, 6.07) is 3.01. The Kier molecular flexibility index (Phi) is 2.48. The third-order valence-electron chi connectivity index (χ3n) is 1.46. The van der Waals surface area contributed by atoms with Gasteiger partial charge in [-0.05, 0) is 12.1 Å². The van der Waals surface area contributed by atoms with Crippen molar-refractivity contribution in [1.29, 1.82) is 0 Å². The molecule has 0 aromatic heterocycles. The maximum absolute atomic E-state index is 12.1. The van der Waals surface area contributed by atoms with Gasteiger partial charge in [-0.2, -0.15) is 0 Å². The van der Waals surface area contributed by atoms with Crippen molar-refractivity contribution in [3.05, 3.63) is 23.8 Å². The Morgan fingerprint density at radius 1 is 1.38 bits per heavy atom. The summed E-state index contributed by atoms with van der Waals surface area (Å²) in [5, 5.41) is 26.2. The highest BCUT2D eigenvalue weighted by Crippen LogP contribution is 2.23. The predicted molar refractivity (Wildman–Crippen MR) is 41.2 cm³/mol. The average Bonchev–Trinajstić information content (AvgIpc) is 2.03. The monoisotopic (exact) mass is 186 g/mol. The summed E-state index contributed by atoms with van der Waals surface area (Å²) in [7, 11) is 0. The minimum Gasteiger partial charge on any atom is -0.508 e. The Morgan fingerprint density at radius 2 is 2.00 bits per heavy atom. The second-order valence-electron chi connectivity index (χ2n) is 2.40. The molecule has 0 fully saturated rings. The van der Waals surface area contributed by atoms with Gasteiger partial charge in [0.25, 0.3) is 6.36 Å². The molecule has 0 saturated heterocycles. The standard InChI is InChI=1S/C8H7FO4/c9-8(13)7(12)5-2-1-4(10)3-6(5)11/h1-3,8,10-11,13H. The van der Waals surface area contributed by atoms with Crippen molar-refractivity contribution in [3.8, 4) is 11.5 Å². The van der Waals surface area contributed by atoms with E-state index in [0.29, 0.717) is 0 Å². The van der Waals surface area contributed by atoms with E-state index in [2.05, 4.69) is 0 Å². The fraction of sp³-hybridized carbons (Fsp3) is 0.125. The summed E-state index contributed by atoms with van der Waals surface area (Å²) in [4.78, 5) is 10.8. The highest BCUT2D eigenvalue weighted by Gasteiger charge is 2.19. The van der Waals surface area contributed by atoms with Crippen LogP contribution >= 0.6 is 0 Å². The van der Waals surface area contributed by atoms with Crippen LogP contribution in [0, 0.1) is 0 Å². The highest BCUT2D eigenvalue weighted by molar-refractivity contribution is 6.00. The molecule has 5 heteroatoms. The van der Waals surface area contributed by atoms with Crippen molar-refractivity contribution in [1.82, 2.24) is 0 Å². The molecular weight excluding hydrogens is 179 g/mol. The van der Waals surface area contributed by atoms with Crippen LogP contribution < -0.4 is 0 Å². The zero-order valence-corrected chi connectivity index (χ0v) is 6.44. The maximum Gasteiger partial charge on any atom is 0.260 e. The van der Waals surface area contributed by atoms with Crippen molar-refractivity contribution in [2.75, 3.05) is 0 Å². The average molecular weight is 186 g/mol. The van der Waals surface area contributed by atoms with Gasteiger partial charge in [0.15, 0.2) is 0 Å². The van der Waals surface area contributed by atoms with Crippen molar-refractivity contribution in [2.24, 2.45) is 0 Å². The van der Waals surface area contributed by atoms with Crippen LogP contribution in [0.3, 0.4) is 0 Å². The van der Waals surface area contributed by atoms with Gasteiger partial charge in [0.05, 0.1) is 5.56 Å². The fourth-order valence-corrected chi connectivity index (χ4v) is 0.857. The van der Waals surface area contributed by atoms with Crippen LogP contribution in [-0.4, -0.2) is 27.5 Å². The van der Waals surface area contributed by atoms with E-state index in [9.17, 15) is 9.18 Å². The van der Waals surface area contributed by atoms with Gasteiger partial charge < -0.3 is 15.3 Å². The van der Waals surface area contributed by atoms with Gasteiger partial charge >= 0.3 is 0 Å². The lowest BCUT2D eigenvalue weighted by molar-refractivity contribution is 0.0330. The van der Waals surface area contributed by atoms with Crippen LogP contribution in [0.2, 0.25) is 0 Å². The number of carbonyl (C=O) groups excluding carboxylic acids is 1. The number of rotatable bonds is 2. The lowest BCUT2D eigenvalue weighted by Gasteiger charge is -2.03. The minimum absolute atomic E-state index is 0.248. The molecule has 0 aliphatic heterocycles. The molecular formula is C8H7FO4. The molecule has 0 spiro atoms. The van der Waals surface area contributed by atoms with E-state index < -0.39 is 17.9 Å². The fourth-order valence-electron chi connectivity index (χ4n) is 0.857. The van der Waals surface area contributed by atoms with E-state index in [1.165, 1.54) is 0 Å². The quantitative estimate of drug-likeness (QED) is 0.590. The van der Waals surface area contributed by atoms with Crippen LogP contribution in [0.4, 0.5) is 4.39 Å². The Hall–Kier alpha value is -1.62. The Balaban J connectivity index is 3.09. The molecule has 1 unspecified atom stereocenters. The Morgan fingerprint density at radius 3 is 2.46 bits per heavy atom. The Bertz CT molecular complexity index is 335. The summed E-state index contributed by atoms with van der Waals surface area (Å²) in [5.74, 6) is -2.05.